The molecule has 0 spiro atoms. The first-order valence-corrected chi connectivity index (χ1v) is 10.4. The summed E-state index contributed by atoms with van der Waals surface area (Å²) >= 11 is 7.91. The summed E-state index contributed by atoms with van der Waals surface area (Å²) in [7, 11) is 1.58. The van der Waals surface area contributed by atoms with Gasteiger partial charge in [0.2, 0.25) is 0 Å². The van der Waals surface area contributed by atoms with Gasteiger partial charge < -0.3 is 4.74 Å². The first-order chi connectivity index (χ1) is 13.7. The van der Waals surface area contributed by atoms with Crippen LogP contribution in [0.1, 0.15) is 39.4 Å². The van der Waals surface area contributed by atoms with Crippen molar-refractivity contribution in [3.8, 4) is 17.0 Å². The van der Waals surface area contributed by atoms with E-state index < -0.39 is 17.2 Å². The van der Waals surface area contributed by atoms with E-state index in [1.54, 1.807) is 25.3 Å². The summed E-state index contributed by atoms with van der Waals surface area (Å²) in [5, 5.41) is 1.22. The second kappa shape index (κ2) is 7.03. The van der Waals surface area contributed by atoms with Gasteiger partial charge in [-0.1, -0.05) is 29.8 Å². The van der Waals surface area contributed by atoms with Crippen LogP contribution in [0.5, 0.6) is 5.75 Å². The molecule has 29 heavy (non-hydrogen) atoms. The van der Waals surface area contributed by atoms with E-state index in [1.807, 2.05) is 19.9 Å². The number of nitrogens with zero attached hydrogens (tertiary/aromatic N) is 1. The fraction of sp³-hybridized carbons (Fsp3) is 0.318. The molecule has 1 fully saturated rings. The Morgan fingerprint density at radius 1 is 1.14 bits per heavy atom. The number of hydrogen-bond donors (Lipinski definition) is 0. The van der Waals surface area contributed by atoms with Gasteiger partial charge in [0.15, 0.2) is 0 Å². The summed E-state index contributed by atoms with van der Waals surface area (Å²) in [5.74, 6) is 0.685. The molecule has 7 heteroatoms. The molecule has 0 atom stereocenters. The quantitative estimate of drug-likeness (QED) is 0.431. The van der Waals surface area contributed by atoms with Gasteiger partial charge in [0, 0.05) is 15.9 Å². The Morgan fingerprint density at radius 3 is 2.45 bits per heavy atom. The molecule has 0 radical (unpaired) electrons. The smallest absolute Gasteiger partial charge is 0.416 e. The Kier molecular flexibility index (Phi) is 4.90. The molecule has 1 saturated carbocycles. The van der Waals surface area contributed by atoms with Crippen LogP contribution < -0.4 is 4.74 Å². The van der Waals surface area contributed by atoms with E-state index in [4.69, 9.17) is 21.3 Å². The molecule has 1 aromatic heterocycles. The van der Waals surface area contributed by atoms with E-state index in [1.165, 1.54) is 17.4 Å². The monoisotopic (exact) mass is 437 g/mol. The van der Waals surface area contributed by atoms with Gasteiger partial charge in [-0.05, 0) is 56.0 Å². The standard InChI is InChI=1S/C22H19ClF3NOS/c1-12-10-14(17(23)11-18(12)28-3)19-13(2)29-20(27-19)21(8-9-21)15-6-4-5-7-16(15)22(24,25)26/h4-7,10-11H,8-9H2,1-3H3. The Labute approximate surface area is 176 Å². The van der Waals surface area contributed by atoms with E-state index >= 15 is 0 Å². The Hall–Kier alpha value is -2.05. The van der Waals surface area contributed by atoms with Crippen LogP contribution in [0.25, 0.3) is 11.3 Å². The van der Waals surface area contributed by atoms with E-state index in [0.29, 0.717) is 34.2 Å². The van der Waals surface area contributed by atoms with Crippen molar-refractivity contribution in [2.45, 2.75) is 38.3 Å². The SMILES string of the molecule is COc1cc(Cl)c(-c2nc(C3(c4ccccc4C(F)(F)F)CC3)sc2C)cc1C. The van der Waals surface area contributed by atoms with Crippen LogP contribution in [0.3, 0.4) is 0 Å². The fourth-order valence-electron chi connectivity index (χ4n) is 3.79. The number of alkyl halides is 3. The van der Waals surface area contributed by atoms with Crippen LogP contribution >= 0.6 is 22.9 Å². The summed E-state index contributed by atoms with van der Waals surface area (Å²) in [4.78, 5) is 5.73. The topological polar surface area (TPSA) is 22.1 Å². The van der Waals surface area contributed by atoms with E-state index in [9.17, 15) is 13.2 Å². The van der Waals surface area contributed by atoms with Crippen molar-refractivity contribution in [2.75, 3.05) is 7.11 Å². The number of rotatable bonds is 4. The first-order valence-electron chi connectivity index (χ1n) is 9.16. The predicted octanol–water partition coefficient (Wildman–Crippen LogP) is 7.19. The van der Waals surface area contributed by atoms with Gasteiger partial charge in [-0.25, -0.2) is 4.98 Å². The molecule has 1 aliphatic rings. The molecular formula is C22H19ClF3NOS. The molecule has 1 heterocycles. The maximum absolute atomic E-state index is 13.6. The Balaban J connectivity index is 1.82. The van der Waals surface area contributed by atoms with Crippen LogP contribution in [0.4, 0.5) is 13.2 Å². The number of halogens is 4. The lowest BCUT2D eigenvalue weighted by Crippen LogP contribution is -2.17. The van der Waals surface area contributed by atoms with Crippen LogP contribution in [0.2, 0.25) is 5.02 Å². The fourth-order valence-corrected chi connectivity index (χ4v) is 5.22. The summed E-state index contributed by atoms with van der Waals surface area (Å²) in [5.41, 5.74) is 1.47. The second-order valence-electron chi connectivity index (χ2n) is 7.35. The van der Waals surface area contributed by atoms with E-state index in [0.717, 1.165) is 27.8 Å². The lowest BCUT2D eigenvalue weighted by Gasteiger charge is -2.19. The third-order valence-corrected chi connectivity index (χ3v) is 6.93. The van der Waals surface area contributed by atoms with Crippen molar-refractivity contribution in [3.05, 3.63) is 68.0 Å². The van der Waals surface area contributed by atoms with Gasteiger partial charge in [-0.15, -0.1) is 11.3 Å². The molecule has 1 aliphatic carbocycles. The molecule has 0 saturated heterocycles. The van der Waals surface area contributed by atoms with Crippen molar-refractivity contribution < 1.29 is 17.9 Å². The first kappa shape index (κ1) is 20.2. The van der Waals surface area contributed by atoms with Gasteiger partial charge in [-0.3, -0.25) is 0 Å². The third kappa shape index (κ3) is 3.42. The Morgan fingerprint density at radius 2 is 1.83 bits per heavy atom. The second-order valence-corrected chi connectivity index (χ2v) is 8.96. The average molecular weight is 438 g/mol. The molecule has 0 aliphatic heterocycles. The molecule has 0 amide bonds. The summed E-state index contributed by atoms with van der Waals surface area (Å²) in [6, 6.07) is 9.49. The maximum atomic E-state index is 13.6. The number of methoxy groups -OCH3 is 1. The zero-order chi connectivity index (χ0) is 21.0. The number of ether oxygens (including phenoxy) is 1. The number of aromatic nitrogens is 1. The summed E-state index contributed by atoms with van der Waals surface area (Å²) in [6.07, 6.45) is -3.08. The molecule has 0 bridgehead atoms. The van der Waals surface area contributed by atoms with Crippen LogP contribution in [0.15, 0.2) is 36.4 Å². The molecular weight excluding hydrogens is 419 g/mol. The zero-order valence-corrected chi connectivity index (χ0v) is 17.7. The molecule has 4 rings (SSSR count). The van der Waals surface area contributed by atoms with Crippen LogP contribution in [-0.4, -0.2) is 12.1 Å². The average Bonchev–Trinajstić information content (AvgIpc) is 3.39. The third-order valence-electron chi connectivity index (χ3n) is 5.44. The van der Waals surface area contributed by atoms with E-state index in [-0.39, 0.29) is 0 Å². The molecule has 2 aromatic carbocycles. The van der Waals surface area contributed by atoms with Gasteiger partial charge in [-0.2, -0.15) is 13.2 Å². The molecule has 0 N–H and O–H groups in total. The molecule has 3 aromatic rings. The number of thiazole rings is 1. The molecule has 152 valence electrons. The van der Waals surface area contributed by atoms with Gasteiger partial charge in [0.25, 0.3) is 0 Å². The minimum atomic E-state index is -4.39. The molecule has 2 nitrogen and oxygen atoms in total. The molecule has 0 unspecified atom stereocenters. The largest absolute Gasteiger partial charge is 0.496 e. The van der Waals surface area contributed by atoms with Crippen molar-refractivity contribution in [3.63, 3.8) is 0 Å². The minimum absolute atomic E-state index is 0.310. The van der Waals surface area contributed by atoms with Gasteiger partial charge in [0.05, 0.1) is 23.4 Å². The number of aryl methyl sites for hydroxylation is 2. The lowest BCUT2D eigenvalue weighted by atomic mass is 9.91. The highest BCUT2D eigenvalue weighted by Crippen LogP contribution is 2.57. The van der Waals surface area contributed by atoms with E-state index in [2.05, 4.69) is 0 Å². The predicted molar refractivity (Wildman–Crippen MR) is 110 cm³/mol. The Bertz CT molecular complexity index is 1090. The maximum Gasteiger partial charge on any atom is 0.416 e. The van der Waals surface area contributed by atoms with Crippen molar-refractivity contribution in [1.29, 1.82) is 0 Å². The van der Waals surface area contributed by atoms with Crippen molar-refractivity contribution in [2.24, 2.45) is 0 Å². The summed E-state index contributed by atoms with van der Waals surface area (Å²) in [6.45, 7) is 3.85. The highest BCUT2D eigenvalue weighted by molar-refractivity contribution is 7.12. The lowest BCUT2D eigenvalue weighted by molar-refractivity contribution is -0.138. The highest BCUT2D eigenvalue weighted by atomic mass is 35.5. The van der Waals surface area contributed by atoms with Gasteiger partial charge in [0.1, 0.15) is 10.8 Å². The summed E-state index contributed by atoms with van der Waals surface area (Å²) < 4.78 is 46.1. The zero-order valence-electron chi connectivity index (χ0n) is 16.2. The van der Waals surface area contributed by atoms with Crippen molar-refractivity contribution >= 4 is 22.9 Å². The van der Waals surface area contributed by atoms with Crippen molar-refractivity contribution in [1.82, 2.24) is 4.98 Å². The van der Waals surface area contributed by atoms with Crippen LogP contribution in [-0.2, 0) is 11.6 Å². The number of benzene rings is 2. The number of hydrogen-bond acceptors (Lipinski definition) is 3. The normalized spacial score (nSPS) is 15.4. The minimum Gasteiger partial charge on any atom is -0.496 e. The van der Waals surface area contributed by atoms with Gasteiger partial charge >= 0.3 is 6.18 Å². The highest BCUT2D eigenvalue weighted by Gasteiger charge is 2.52. The van der Waals surface area contributed by atoms with Crippen LogP contribution in [0, 0.1) is 13.8 Å².